The van der Waals surface area contributed by atoms with Crippen molar-refractivity contribution in [2.45, 2.75) is 37.0 Å². The predicted molar refractivity (Wildman–Crippen MR) is 85.2 cm³/mol. The first kappa shape index (κ1) is 16.8. The van der Waals surface area contributed by atoms with E-state index in [1.165, 1.54) is 42.3 Å². The molecule has 0 saturated carbocycles. The third-order valence-corrected chi connectivity index (χ3v) is 5.29. The maximum atomic E-state index is 12.2. The molecule has 0 radical (unpaired) electrons. The normalized spacial score (nSPS) is 15.5. The minimum atomic E-state index is -3.53. The lowest BCUT2D eigenvalue weighted by Gasteiger charge is -2.13. The second-order valence-corrected chi connectivity index (χ2v) is 7.38. The molecule has 1 heterocycles. The molecule has 7 heteroatoms. The predicted octanol–water partition coefficient (Wildman–Crippen LogP) is 1.55. The summed E-state index contributed by atoms with van der Waals surface area (Å²) < 4.78 is 27.3. The fraction of sp³-hybridized carbons (Fsp3) is 0.533. The lowest BCUT2D eigenvalue weighted by molar-refractivity contribution is 0.0946. The molecule has 0 fully saturated rings. The number of allylic oxidation sites excluding steroid dienone is 1. The number of carbonyl (C=O) groups is 1. The van der Waals surface area contributed by atoms with Gasteiger partial charge in [0.2, 0.25) is 10.0 Å². The van der Waals surface area contributed by atoms with Crippen molar-refractivity contribution in [2.24, 2.45) is 7.05 Å². The zero-order chi connectivity index (χ0) is 16.2. The second kappa shape index (κ2) is 7.11. The van der Waals surface area contributed by atoms with Crippen LogP contribution in [0.15, 0.2) is 28.8 Å². The monoisotopic (exact) mass is 325 g/mol. The van der Waals surface area contributed by atoms with E-state index in [-0.39, 0.29) is 10.8 Å². The summed E-state index contributed by atoms with van der Waals surface area (Å²) in [5.41, 5.74) is 1.74. The van der Waals surface area contributed by atoms with Crippen molar-refractivity contribution < 1.29 is 13.2 Å². The van der Waals surface area contributed by atoms with Crippen molar-refractivity contribution in [3.05, 3.63) is 29.6 Å². The molecule has 0 saturated heterocycles. The molecule has 2 N–H and O–H groups in total. The minimum absolute atomic E-state index is 0.0950. The Hall–Kier alpha value is -1.60. The topological polar surface area (TPSA) is 80.2 Å². The van der Waals surface area contributed by atoms with Gasteiger partial charge in [-0.1, -0.05) is 11.6 Å². The van der Waals surface area contributed by atoms with Crippen LogP contribution in [-0.2, 0) is 17.1 Å². The van der Waals surface area contributed by atoms with Crippen LogP contribution in [0.1, 0.15) is 42.6 Å². The number of aromatic nitrogens is 1. The number of aryl methyl sites for hydroxylation is 1. The summed E-state index contributed by atoms with van der Waals surface area (Å²) in [5, 5.41) is 2.85. The molecule has 1 aromatic heterocycles. The van der Waals surface area contributed by atoms with Gasteiger partial charge in [-0.05, 0) is 45.2 Å². The zero-order valence-corrected chi connectivity index (χ0v) is 13.9. The van der Waals surface area contributed by atoms with Gasteiger partial charge in [0.25, 0.3) is 5.91 Å². The van der Waals surface area contributed by atoms with Crippen LogP contribution in [-0.4, -0.2) is 32.5 Å². The molecule has 0 atom stereocenters. The smallest absolute Gasteiger partial charge is 0.267 e. The number of sulfonamides is 1. The average molecular weight is 325 g/mol. The van der Waals surface area contributed by atoms with Gasteiger partial charge >= 0.3 is 0 Å². The summed E-state index contributed by atoms with van der Waals surface area (Å²) in [6, 6.07) is 1.39. The van der Waals surface area contributed by atoms with Crippen LogP contribution >= 0.6 is 0 Å². The Kier molecular flexibility index (Phi) is 5.42. The van der Waals surface area contributed by atoms with Gasteiger partial charge in [0, 0.05) is 19.8 Å². The van der Waals surface area contributed by atoms with Crippen LogP contribution in [0.25, 0.3) is 0 Å². The van der Waals surface area contributed by atoms with Crippen molar-refractivity contribution in [1.82, 2.24) is 14.6 Å². The number of amides is 1. The Morgan fingerprint density at radius 1 is 1.36 bits per heavy atom. The van der Waals surface area contributed by atoms with Gasteiger partial charge in [0.05, 0.1) is 0 Å². The molecule has 1 aliphatic rings. The number of hydrogen-bond acceptors (Lipinski definition) is 3. The van der Waals surface area contributed by atoms with Crippen LogP contribution in [0, 0.1) is 0 Å². The Bertz CT molecular complexity index is 674. The molecule has 0 aliphatic heterocycles. The summed E-state index contributed by atoms with van der Waals surface area (Å²) >= 11 is 0. The van der Waals surface area contributed by atoms with E-state index >= 15 is 0 Å². The Morgan fingerprint density at radius 2 is 2.14 bits per heavy atom. The van der Waals surface area contributed by atoms with Crippen molar-refractivity contribution >= 4 is 15.9 Å². The fourth-order valence-electron chi connectivity index (χ4n) is 2.58. The van der Waals surface area contributed by atoms with Gasteiger partial charge in [0.1, 0.15) is 10.6 Å². The Labute approximate surface area is 131 Å². The van der Waals surface area contributed by atoms with Gasteiger partial charge in [-0.2, -0.15) is 0 Å². The maximum Gasteiger partial charge on any atom is 0.267 e. The first-order valence-electron chi connectivity index (χ1n) is 7.50. The van der Waals surface area contributed by atoms with E-state index in [0.717, 1.165) is 19.3 Å². The molecule has 1 amide bonds. The fourth-order valence-corrected chi connectivity index (χ4v) is 3.38. The van der Waals surface area contributed by atoms with Gasteiger partial charge in [-0.25, -0.2) is 13.1 Å². The molecular formula is C15H23N3O3S. The number of nitrogens with zero attached hydrogens (tertiary/aromatic N) is 1. The molecule has 6 nitrogen and oxygen atoms in total. The lowest BCUT2D eigenvalue weighted by Crippen LogP contribution is -2.26. The Morgan fingerprint density at radius 3 is 2.77 bits per heavy atom. The van der Waals surface area contributed by atoms with E-state index in [2.05, 4.69) is 16.1 Å². The number of hydrogen-bond donors (Lipinski definition) is 2. The van der Waals surface area contributed by atoms with Crippen molar-refractivity contribution in [3.8, 4) is 0 Å². The van der Waals surface area contributed by atoms with E-state index in [9.17, 15) is 13.2 Å². The summed E-state index contributed by atoms with van der Waals surface area (Å²) in [5.74, 6) is -0.253. The highest BCUT2D eigenvalue weighted by molar-refractivity contribution is 7.89. The summed E-state index contributed by atoms with van der Waals surface area (Å²) in [4.78, 5) is 12.3. The molecule has 0 aromatic carbocycles. The molecule has 122 valence electrons. The van der Waals surface area contributed by atoms with Gasteiger partial charge < -0.3 is 9.88 Å². The van der Waals surface area contributed by atoms with Crippen molar-refractivity contribution in [2.75, 3.05) is 13.6 Å². The molecule has 1 aromatic rings. The quantitative estimate of drug-likeness (QED) is 0.779. The number of carbonyl (C=O) groups excluding carboxylic acids is 1. The first-order valence-corrected chi connectivity index (χ1v) is 8.98. The number of rotatable bonds is 6. The Balaban J connectivity index is 1.96. The second-order valence-electron chi connectivity index (χ2n) is 5.49. The molecular weight excluding hydrogens is 302 g/mol. The van der Waals surface area contributed by atoms with Crippen LogP contribution < -0.4 is 10.0 Å². The zero-order valence-electron chi connectivity index (χ0n) is 13.1. The van der Waals surface area contributed by atoms with Gasteiger partial charge in [0.15, 0.2) is 0 Å². The minimum Gasteiger partial charge on any atom is -0.350 e. The van der Waals surface area contributed by atoms with Crippen molar-refractivity contribution in [3.63, 3.8) is 0 Å². The van der Waals surface area contributed by atoms with Crippen molar-refractivity contribution in [1.29, 1.82) is 0 Å². The SMILES string of the molecule is CNS(=O)(=O)c1cc(C(=O)NCCC2=CCCCC2)n(C)c1. The van der Waals surface area contributed by atoms with Gasteiger partial charge in [-0.3, -0.25) is 4.79 Å². The van der Waals surface area contributed by atoms with Crippen LogP contribution in [0.5, 0.6) is 0 Å². The molecule has 0 bridgehead atoms. The highest BCUT2D eigenvalue weighted by Crippen LogP contribution is 2.19. The van der Waals surface area contributed by atoms with Crippen LogP contribution in [0.2, 0.25) is 0 Å². The molecule has 1 aliphatic carbocycles. The van der Waals surface area contributed by atoms with Crippen LogP contribution in [0.4, 0.5) is 0 Å². The van der Waals surface area contributed by atoms with E-state index in [0.29, 0.717) is 12.2 Å². The molecule has 0 spiro atoms. The highest BCUT2D eigenvalue weighted by Gasteiger charge is 2.18. The van der Waals surface area contributed by atoms with E-state index in [1.807, 2.05) is 0 Å². The third kappa shape index (κ3) is 3.98. The first-order chi connectivity index (χ1) is 10.4. The summed E-state index contributed by atoms with van der Waals surface area (Å²) in [6.45, 7) is 0.573. The van der Waals surface area contributed by atoms with Crippen LogP contribution in [0.3, 0.4) is 0 Å². The maximum absolute atomic E-state index is 12.2. The largest absolute Gasteiger partial charge is 0.350 e. The van der Waals surface area contributed by atoms with E-state index < -0.39 is 10.0 Å². The van der Waals surface area contributed by atoms with E-state index in [4.69, 9.17) is 0 Å². The molecule has 22 heavy (non-hydrogen) atoms. The highest BCUT2D eigenvalue weighted by atomic mass is 32.2. The lowest BCUT2D eigenvalue weighted by atomic mass is 9.97. The summed E-state index contributed by atoms with van der Waals surface area (Å²) in [7, 11) is -0.524. The molecule has 0 unspecified atom stereocenters. The third-order valence-electron chi connectivity index (χ3n) is 3.91. The number of nitrogens with one attached hydrogen (secondary N) is 2. The van der Waals surface area contributed by atoms with E-state index in [1.54, 1.807) is 7.05 Å². The summed E-state index contributed by atoms with van der Waals surface area (Å²) in [6.07, 6.45) is 9.28. The molecule has 2 rings (SSSR count). The average Bonchev–Trinajstić information content (AvgIpc) is 2.91. The standard InChI is InChI=1S/C15H23N3O3S/c1-16-22(20,21)13-10-14(18(2)11-13)15(19)17-9-8-12-6-4-3-5-7-12/h6,10-11,16H,3-5,7-9H2,1-2H3,(H,17,19). The van der Waals surface area contributed by atoms with Gasteiger partial charge in [-0.15, -0.1) is 0 Å².